The van der Waals surface area contributed by atoms with Crippen molar-refractivity contribution in [3.8, 4) is 44.5 Å². The number of hydrogen-bond acceptors (Lipinski definition) is 3. The molecule has 286 valence electrons. The van der Waals surface area contributed by atoms with Crippen LogP contribution in [0.15, 0.2) is 233 Å². The highest BCUT2D eigenvalue weighted by Gasteiger charge is 2.17. The van der Waals surface area contributed by atoms with Gasteiger partial charge in [0.25, 0.3) is 0 Å². The molecule has 3 nitrogen and oxygen atoms in total. The molecule has 0 aliphatic carbocycles. The van der Waals surface area contributed by atoms with Crippen molar-refractivity contribution in [1.82, 2.24) is 0 Å². The number of nitrogens with zero attached hydrogens (tertiary/aromatic N) is 1. The van der Waals surface area contributed by atoms with Gasteiger partial charge in [-0.2, -0.15) is 0 Å². The molecule has 0 aliphatic heterocycles. The third-order valence-corrected chi connectivity index (χ3v) is 12.1. The van der Waals surface area contributed by atoms with Crippen molar-refractivity contribution in [2.24, 2.45) is 0 Å². The maximum atomic E-state index is 6.25. The van der Waals surface area contributed by atoms with E-state index in [0.29, 0.717) is 0 Å². The first-order valence-electron chi connectivity index (χ1n) is 20.7. The fourth-order valence-corrected chi connectivity index (χ4v) is 9.10. The summed E-state index contributed by atoms with van der Waals surface area (Å²) in [5.74, 6) is 0. The molecule has 2 aromatic heterocycles. The van der Waals surface area contributed by atoms with Gasteiger partial charge in [0.05, 0.1) is 0 Å². The Bertz CT molecular complexity index is 3570. The second-order valence-corrected chi connectivity index (χ2v) is 15.7. The third-order valence-electron chi connectivity index (χ3n) is 12.1. The van der Waals surface area contributed by atoms with Gasteiger partial charge in [-0.15, -0.1) is 0 Å². The molecule has 0 spiro atoms. The van der Waals surface area contributed by atoms with E-state index in [1.807, 2.05) is 24.3 Å². The first kappa shape index (κ1) is 34.9. The van der Waals surface area contributed by atoms with Gasteiger partial charge in [0.15, 0.2) is 0 Å². The Balaban J connectivity index is 0.932. The van der Waals surface area contributed by atoms with Crippen molar-refractivity contribution in [1.29, 1.82) is 0 Å². The Morgan fingerprint density at radius 3 is 1.54 bits per heavy atom. The van der Waals surface area contributed by atoms with E-state index in [4.69, 9.17) is 8.83 Å². The van der Waals surface area contributed by atoms with E-state index < -0.39 is 0 Å². The topological polar surface area (TPSA) is 29.5 Å². The molecule has 0 radical (unpaired) electrons. The van der Waals surface area contributed by atoms with Crippen molar-refractivity contribution >= 4 is 71.7 Å². The Labute approximate surface area is 353 Å². The molecule has 61 heavy (non-hydrogen) atoms. The Hall–Kier alpha value is -8.14. The summed E-state index contributed by atoms with van der Waals surface area (Å²) in [5.41, 5.74) is 16.2. The number of fused-ring (bicyclic) bond motifs is 7. The zero-order chi connectivity index (χ0) is 40.3. The Kier molecular flexibility index (Phi) is 8.17. The number of anilines is 3. The van der Waals surface area contributed by atoms with E-state index in [1.165, 1.54) is 33.0 Å². The second kappa shape index (κ2) is 14.3. The molecule has 0 amide bonds. The molecular formula is C58H37NO2. The first-order chi connectivity index (χ1) is 30.2. The molecule has 3 heteroatoms. The minimum atomic E-state index is 0.894. The second-order valence-electron chi connectivity index (χ2n) is 15.7. The molecule has 0 fully saturated rings. The summed E-state index contributed by atoms with van der Waals surface area (Å²) in [5, 5.41) is 7.02. The fraction of sp³-hybridized carbons (Fsp3) is 0. The highest BCUT2D eigenvalue weighted by Crippen LogP contribution is 2.42. The van der Waals surface area contributed by atoms with E-state index in [2.05, 4.69) is 205 Å². The maximum Gasteiger partial charge on any atom is 0.136 e. The minimum absolute atomic E-state index is 0.894. The lowest BCUT2D eigenvalue weighted by molar-refractivity contribution is 0.668. The van der Waals surface area contributed by atoms with Crippen LogP contribution in [0.2, 0.25) is 0 Å². The lowest BCUT2D eigenvalue weighted by Crippen LogP contribution is -2.10. The van der Waals surface area contributed by atoms with Gasteiger partial charge in [-0.3, -0.25) is 0 Å². The van der Waals surface area contributed by atoms with Crippen LogP contribution in [0.1, 0.15) is 0 Å². The maximum absolute atomic E-state index is 6.25. The van der Waals surface area contributed by atoms with Crippen molar-refractivity contribution in [3.63, 3.8) is 0 Å². The summed E-state index contributed by atoms with van der Waals surface area (Å²) in [6, 6.07) is 80.1. The normalized spacial score (nSPS) is 11.6. The molecule has 0 saturated carbocycles. The molecule has 0 N–H and O–H groups in total. The largest absolute Gasteiger partial charge is 0.456 e. The monoisotopic (exact) mass is 779 g/mol. The summed E-state index contributed by atoms with van der Waals surface area (Å²) in [4.78, 5) is 2.35. The van der Waals surface area contributed by atoms with E-state index in [9.17, 15) is 0 Å². The number of rotatable bonds is 7. The van der Waals surface area contributed by atoms with Crippen LogP contribution >= 0.6 is 0 Å². The average molecular weight is 780 g/mol. The van der Waals surface area contributed by atoms with Gasteiger partial charge in [0.2, 0.25) is 0 Å². The number of benzene rings is 10. The van der Waals surface area contributed by atoms with Gasteiger partial charge < -0.3 is 13.7 Å². The lowest BCUT2D eigenvalue weighted by atomic mass is 9.96. The molecule has 10 aromatic carbocycles. The summed E-state index contributed by atoms with van der Waals surface area (Å²) < 4.78 is 12.4. The van der Waals surface area contributed by atoms with Crippen LogP contribution in [0.4, 0.5) is 17.1 Å². The van der Waals surface area contributed by atoms with Gasteiger partial charge in [-0.1, -0.05) is 158 Å². The van der Waals surface area contributed by atoms with Gasteiger partial charge in [-0.25, -0.2) is 0 Å². The average Bonchev–Trinajstić information content (AvgIpc) is 3.91. The van der Waals surface area contributed by atoms with Gasteiger partial charge in [0.1, 0.15) is 22.3 Å². The van der Waals surface area contributed by atoms with E-state index in [0.717, 1.165) is 83.2 Å². The van der Waals surface area contributed by atoms with Crippen LogP contribution in [-0.4, -0.2) is 0 Å². The van der Waals surface area contributed by atoms with Gasteiger partial charge in [-0.05, 0) is 122 Å². The molecule has 2 heterocycles. The summed E-state index contributed by atoms with van der Waals surface area (Å²) >= 11 is 0. The summed E-state index contributed by atoms with van der Waals surface area (Å²) in [6.45, 7) is 0. The number of para-hydroxylation sites is 2. The van der Waals surface area contributed by atoms with Gasteiger partial charge >= 0.3 is 0 Å². The quantitative estimate of drug-likeness (QED) is 0.161. The highest BCUT2D eigenvalue weighted by molar-refractivity contribution is 6.12. The standard InChI is InChI=1S/C58H37NO2/c1-2-14-48-40(10-1)11-8-17-49(48)41-24-22-38(23-25-41)39-26-31-45(32-27-39)59(46-33-28-42(29-34-46)50-18-9-21-57-58(50)52-16-4-6-20-55(52)61-57)47-13-7-12-43(36-47)44-30-35-56-53(37-44)51-15-3-5-19-54(51)60-56/h1-37H. The van der Waals surface area contributed by atoms with Crippen LogP contribution in [0.5, 0.6) is 0 Å². The van der Waals surface area contributed by atoms with Crippen molar-refractivity contribution in [3.05, 3.63) is 224 Å². The minimum Gasteiger partial charge on any atom is -0.456 e. The Morgan fingerprint density at radius 1 is 0.262 bits per heavy atom. The fourth-order valence-electron chi connectivity index (χ4n) is 9.10. The molecule has 0 unspecified atom stereocenters. The van der Waals surface area contributed by atoms with Crippen molar-refractivity contribution in [2.45, 2.75) is 0 Å². The zero-order valence-electron chi connectivity index (χ0n) is 33.1. The SMILES string of the molecule is c1cc(-c2ccc3oc4ccccc4c3c2)cc(N(c2ccc(-c3ccc(-c4cccc5ccccc45)cc3)cc2)c2ccc(-c3cccc4oc5ccccc5c34)cc2)c1. The molecule has 12 aromatic rings. The van der Waals surface area contributed by atoms with Gasteiger partial charge in [0, 0.05) is 38.6 Å². The molecular weight excluding hydrogens is 743 g/mol. The van der Waals surface area contributed by atoms with Crippen LogP contribution in [0.25, 0.3) is 99.2 Å². The van der Waals surface area contributed by atoms with Crippen LogP contribution in [0.3, 0.4) is 0 Å². The predicted octanol–water partition coefficient (Wildman–Crippen LogP) is 16.8. The zero-order valence-corrected chi connectivity index (χ0v) is 33.1. The summed E-state index contributed by atoms with van der Waals surface area (Å²) in [6.07, 6.45) is 0. The molecule has 0 atom stereocenters. The molecule has 0 saturated heterocycles. The molecule has 12 rings (SSSR count). The predicted molar refractivity (Wildman–Crippen MR) is 255 cm³/mol. The first-order valence-corrected chi connectivity index (χ1v) is 20.7. The van der Waals surface area contributed by atoms with Crippen LogP contribution in [0, 0.1) is 0 Å². The highest BCUT2D eigenvalue weighted by atomic mass is 16.3. The summed E-state index contributed by atoms with van der Waals surface area (Å²) in [7, 11) is 0. The molecule has 0 bridgehead atoms. The van der Waals surface area contributed by atoms with Crippen LogP contribution < -0.4 is 4.90 Å². The number of hydrogen-bond donors (Lipinski definition) is 0. The van der Waals surface area contributed by atoms with Crippen LogP contribution in [-0.2, 0) is 0 Å². The smallest absolute Gasteiger partial charge is 0.136 e. The lowest BCUT2D eigenvalue weighted by Gasteiger charge is -2.26. The number of furan rings is 2. The molecule has 0 aliphatic rings. The van der Waals surface area contributed by atoms with E-state index >= 15 is 0 Å². The van der Waals surface area contributed by atoms with E-state index in [-0.39, 0.29) is 0 Å². The van der Waals surface area contributed by atoms with Crippen molar-refractivity contribution in [2.75, 3.05) is 4.90 Å². The Morgan fingerprint density at radius 2 is 0.754 bits per heavy atom. The third kappa shape index (κ3) is 6.06. The van der Waals surface area contributed by atoms with E-state index in [1.54, 1.807) is 0 Å². The van der Waals surface area contributed by atoms with Crippen molar-refractivity contribution < 1.29 is 8.83 Å².